The predicted octanol–water partition coefficient (Wildman–Crippen LogP) is 2.02. The van der Waals surface area contributed by atoms with Gasteiger partial charge in [-0.1, -0.05) is 11.6 Å². The van der Waals surface area contributed by atoms with E-state index in [4.69, 9.17) is 0 Å². The number of nitrogens with zero attached hydrogens (tertiary/aromatic N) is 2. The molecule has 4 heteroatoms. The smallest absolute Gasteiger partial charge is 0.236 e. The van der Waals surface area contributed by atoms with Crippen molar-refractivity contribution in [2.45, 2.75) is 51.0 Å². The second kappa shape index (κ2) is 8.54. The van der Waals surface area contributed by atoms with Crippen molar-refractivity contribution in [2.75, 3.05) is 40.3 Å². The summed E-state index contributed by atoms with van der Waals surface area (Å²) in [6.07, 6.45) is 11.4. The van der Waals surface area contributed by atoms with E-state index in [-0.39, 0.29) is 5.91 Å². The van der Waals surface area contributed by atoms with Crippen LogP contribution < -0.4 is 5.32 Å². The highest BCUT2D eigenvalue weighted by molar-refractivity contribution is 5.77. The number of piperidine rings is 1. The summed E-state index contributed by atoms with van der Waals surface area (Å²) in [7, 11) is 3.66. The van der Waals surface area contributed by atoms with Crippen molar-refractivity contribution >= 4 is 5.91 Å². The number of likely N-dealkylation sites (tertiary alicyclic amines) is 1. The van der Waals surface area contributed by atoms with Crippen LogP contribution in [-0.4, -0.2) is 62.0 Å². The van der Waals surface area contributed by atoms with Gasteiger partial charge in [0.05, 0.1) is 6.54 Å². The molecule has 4 nitrogen and oxygen atoms in total. The van der Waals surface area contributed by atoms with E-state index in [2.05, 4.69) is 16.3 Å². The molecule has 0 aromatic rings. The number of rotatable bonds is 6. The molecule has 0 aromatic heterocycles. The van der Waals surface area contributed by atoms with Crippen LogP contribution in [0.5, 0.6) is 0 Å². The second-order valence-corrected chi connectivity index (χ2v) is 6.65. The lowest BCUT2D eigenvalue weighted by Crippen LogP contribution is -2.46. The van der Waals surface area contributed by atoms with Gasteiger partial charge in [0, 0.05) is 33.2 Å². The molecule has 0 saturated carbocycles. The molecule has 1 saturated heterocycles. The Labute approximate surface area is 129 Å². The van der Waals surface area contributed by atoms with E-state index in [0.29, 0.717) is 12.6 Å². The zero-order chi connectivity index (χ0) is 15.1. The molecule has 0 aromatic carbocycles. The number of amides is 1. The Balaban J connectivity index is 1.58. The molecule has 0 radical (unpaired) electrons. The lowest BCUT2D eigenvalue weighted by Gasteiger charge is -2.32. The Morgan fingerprint density at radius 2 is 2.10 bits per heavy atom. The highest BCUT2D eigenvalue weighted by atomic mass is 16.2. The number of hydrogen-bond donors (Lipinski definition) is 1. The van der Waals surface area contributed by atoms with Crippen molar-refractivity contribution in [3.8, 4) is 0 Å². The Kier molecular flexibility index (Phi) is 6.71. The van der Waals surface area contributed by atoms with Crippen LogP contribution in [0.25, 0.3) is 0 Å². The van der Waals surface area contributed by atoms with Crippen molar-refractivity contribution in [3.63, 3.8) is 0 Å². The van der Waals surface area contributed by atoms with Gasteiger partial charge in [0.1, 0.15) is 0 Å². The summed E-state index contributed by atoms with van der Waals surface area (Å²) in [6, 6.07) is 0.639. The first kappa shape index (κ1) is 16.5. The number of carbonyl (C=O) groups is 1. The highest BCUT2D eigenvalue weighted by Crippen LogP contribution is 2.19. The third-order valence-electron chi connectivity index (χ3n) is 4.71. The Morgan fingerprint density at radius 1 is 1.33 bits per heavy atom. The first-order valence-corrected chi connectivity index (χ1v) is 8.49. The summed E-state index contributed by atoms with van der Waals surface area (Å²) < 4.78 is 0. The van der Waals surface area contributed by atoms with Gasteiger partial charge in [0.15, 0.2) is 0 Å². The summed E-state index contributed by atoms with van der Waals surface area (Å²) >= 11 is 0. The number of likely N-dealkylation sites (N-methyl/N-ethyl adjacent to an activating group) is 1. The van der Waals surface area contributed by atoms with Crippen molar-refractivity contribution in [1.82, 2.24) is 15.1 Å². The van der Waals surface area contributed by atoms with E-state index >= 15 is 0 Å². The molecule has 21 heavy (non-hydrogen) atoms. The fourth-order valence-corrected chi connectivity index (χ4v) is 3.20. The molecular weight excluding hydrogens is 262 g/mol. The molecule has 1 amide bonds. The van der Waals surface area contributed by atoms with E-state index in [1.807, 2.05) is 14.1 Å². The Bertz CT molecular complexity index is 357. The molecule has 0 bridgehead atoms. The molecule has 0 atom stereocenters. The van der Waals surface area contributed by atoms with Crippen molar-refractivity contribution < 1.29 is 4.79 Å². The molecule has 2 aliphatic rings. The van der Waals surface area contributed by atoms with E-state index in [0.717, 1.165) is 19.6 Å². The normalized spacial score (nSPS) is 21.1. The summed E-state index contributed by atoms with van der Waals surface area (Å²) in [5, 5.41) is 3.70. The average molecular weight is 293 g/mol. The first-order chi connectivity index (χ1) is 10.1. The second-order valence-electron chi connectivity index (χ2n) is 6.65. The first-order valence-electron chi connectivity index (χ1n) is 8.49. The van der Waals surface area contributed by atoms with Crippen LogP contribution in [0.1, 0.15) is 44.9 Å². The van der Waals surface area contributed by atoms with Crippen LogP contribution in [-0.2, 0) is 4.79 Å². The summed E-state index contributed by atoms with van der Waals surface area (Å²) in [6.45, 7) is 3.78. The topological polar surface area (TPSA) is 35.6 Å². The van der Waals surface area contributed by atoms with Gasteiger partial charge >= 0.3 is 0 Å². The van der Waals surface area contributed by atoms with Crippen LogP contribution in [0.2, 0.25) is 0 Å². The van der Waals surface area contributed by atoms with Gasteiger partial charge in [-0.15, -0.1) is 0 Å². The molecule has 1 aliphatic carbocycles. The third-order valence-corrected chi connectivity index (χ3v) is 4.71. The zero-order valence-electron chi connectivity index (χ0n) is 13.7. The quantitative estimate of drug-likeness (QED) is 0.761. The Hall–Kier alpha value is -0.870. The van der Waals surface area contributed by atoms with Gasteiger partial charge in [-0.3, -0.25) is 9.69 Å². The molecule has 120 valence electrons. The Morgan fingerprint density at radius 3 is 2.71 bits per heavy atom. The average Bonchev–Trinajstić information content (AvgIpc) is 2.50. The molecule has 2 rings (SSSR count). The van der Waals surface area contributed by atoms with Gasteiger partial charge < -0.3 is 10.2 Å². The largest absolute Gasteiger partial charge is 0.348 e. The molecule has 0 unspecified atom stereocenters. The standard InChI is InChI=1S/C17H31N3O/c1-19(2)17(21)14-20-12-9-16(10-13-20)18-11-8-15-6-4-3-5-7-15/h6,16,18H,3-5,7-14H2,1-2H3. The van der Waals surface area contributed by atoms with E-state index in [1.165, 1.54) is 44.9 Å². The van der Waals surface area contributed by atoms with Gasteiger partial charge in [-0.25, -0.2) is 0 Å². The van der Waals surface area contributed by atoms with E-state index in [9.17, 15) is 4.79 Å². The maximum absolute atomic E-state index is 11.7. The van der Waals surface area contributed by atoms with Gasteiger partial charge in [-0.2, -0.15) is 0 Å². The van der Waals surface area contributed by atoms with Crippen LogP contribution >= 0.6 is 0 Å². The van der Waals surface area contributed by atoms with Gasteiger partial charge in [0.2, 0.25) is 5.91 Å². The number of carbonyl (C=O) groups excluding carboxylic acids is 1. The van der Waals surface area contributed by atoms with Crippen molar-refractivity contribution in [1.29, 1.82) is 0 Å². The fourth-order valence-electron chi connectivity index (χ4n) is 3.20. The van der Waals surface area contributed by atoms with E-state index in [1.54, 1.807) is 10.5 Å². The third kappa shape index (κ3) is 5.79. The summed E-state index contributed by atoms with van der Waals surface area (Å²) in [5.41, 5.74) is 1.66. The van der Waals surface area contributed by atoms with Gasteiger partial charge in [-0.05, 0) is 51.5 Å². The minimum absolute atomic E-state index is 0.214. The van der Waals surface area contributed by atoms with Crippen LogP contribution in [0, 0.1) is 0 Å². The molecule has 1 fully saturated rings. The lowest BCUT2D eigenvalue weighted by molar-refractivity contribution is -0.130. The number of hydrogen-bond acceptors (Lipinski definition) is 3. The summed E-state index contributed by atoms with van der Waals surface area (Å²) in [4.78, 5) is 15.7. The molecule has 1 aliphatic heterocycles. The maximum Gasteiger partial charge on any atom is 0.236 e. The van der Waals surface area contributed by atoms with E-state index < -0.39 is 0 Å². The number of allylic oxidation sites excluding steroid dienone is 1. The minimum atomic E-state index is 0.214. The minimum Gasteiger partial charge on any atom is -0.348 e. The molecule has 1 N–H and O–H groups in total. The van der Waals surface area contributed by atoms with Crippen LogP contribution in [0.3, 0.4) is 0 Å². The fraction of sp³-hybridized carbons (Fsp3) is 0.824. The molecular formula is C17H31N3O. The number of nitrogens with one attached hydrogen (secondary N) is 1. The predicted molar refractivity (Wildman–Crippen MR) is 87.3 cm³/mol. The SMILES string of the molecule is CN(C)C(=O)CN1CCC(NCCC2=CCCCC2)CC1. The molecule has 0 spiro atoms. The van der Waals surface area contributed by atoms with Gasteiger partial charge in [0.25, 0.3) is 0 Å². The van der Waals surface area contributed by atoms with Crippen molar-refractivity contribution in [3.05, 3.63) is 11.6 Å². The summed E-state index contributed by atoms with van der Waals surface area (Å²) in [5.74, 6) is 0.214. The zero-order valence-corrected chi connectivity index (χ0v) is 13.7. The van der Waals surface area contributed by atoms with Crippen LogP contribution in [0.4, 0.5) is 0 Å². The molecule has 1 heterocycles. The van der Waals surface area contributed by atoms with Crippen molar-refractivity contribution in [2.24, 2.45) is 0 Å². The highest BCUT2D eigenvalue weighted by Gasteiger charge is 2.20. The lowest BCUT2D eigenvalue weighted by atomic mass is 9.97. The maximum atomic E-state index is 11.7. The van der Waals surface area contributed by atoms with Crippen LogP contribution in [0.15, 0.2) is 11.6 Å². The monoisotopic (exact) mass is 293 g/mol.